The van der Waals surface area contributed by atoms with Crippen LogP contribution < -0.4 is 9.80 Å². The number of hydrogen-bond acceptors (Lipinski definition) is 7. The van der Waals surface area contributed by atoms with Crippen molar-refractivity contribution >= 4 is 11.6 Å². The molecule has 3 heterocycles. The summed E-state index contributed by atoms with van der Waals surface area (Å²) in [5, 5.41) is 28.6. The second-order valence-electron chi connectivity index (χ2n) is 6.82. The van der Waals surface area contributed by atoms with Gasteiger partial charge >= 0.3 is 0 Å². The molecule has 1 saturated heterocycles. The van der Waals surface area contributed by atoms with Gasteiger partial charge in [-0.3, -0.25) is 0 Å². The molecule has 7 heteroatoms. The highest BCUT2D eigenvalue weighted by atomic mass is 16.3. The topological polar surface area (TPSA) is 86.9 Å². The van der Waals surface area contributed by atoms with E-state index in [4.69, 9.17) is 4.98 Å². The standard InChI is InChI=1S/C18H27N5O2/c1-21-7-4-14-15(12-19)17(23(8-10-24)9-11-25)20-18(16(14)13-21)22-5-2-3-6-22/h24-25H,2-11,13H2,1H3. The Kier molecular flexibility index (Phi) is 5.74. The van der Waals surface area contributed by atoms with E-state index in [0.717, 1.165) is 44.0 Å². The first kappa shape index (κ1) is 17.9. The van der Waals surface area contributed by atoms with Crippen LogP contribution in [-0.2, 0) is 13.0 Å². The van der Waals surface area contributed by atoms with Crippen molar-refractivity contribution in [2.24, 2.45) is 0 Å². The van der Waals surface area contributed by atoms with Crippen LogP contribution in [0.25, 0.3) is 0 Å². The Labute approximate surface area is 149 Å². The van der Waals surface area contributed by atoms with Crippen molar-refractivity contribution in [2.75, 3.05) is 62.8 Å². The zero-order valence-electron chi connectivity index (χ0n) is 14.9. The lowest BCUT2D eigenvalue weighted by atomic mass is 9.95. The molecule has 0 unspecified atom stereocenters. The molecule has 0 radical (unpaired) electrons. The Balaban J connectivity index is 2.14. The number of hydrogen-bond donors (Lipinski definition) is 2. The lowest BCUT2D eigenvalue weighted by Gasteiger charge is -2.33. The molecule has 0 amide bonds. The van der Waals surface area contributed by atoms with Gasteiger partial charge in [-0.05, 0) is 31.9 Å². The fourth-order valence-electron chi connectivity index (χ4n) is 3.84. The molecule has 3 rings (SSSR count). The highest BCUT2D eigenvalue weighted by molar-refractivity contribution is 5.68. The van der Waals surface area contributed by atoms with Crippen LogP contribution in [0.1, 0.15) is 29.5 Å². The molecule has 1 aromatic rings. The van der Waals surface area contributed by atoms with Crippen molar-refractivity contribution in [2.45, 2.75) is 25.8 Å². The van der Waals surface area contributed by atoms with Gasteiger partial charge in [-0.15, -0.1) is 0 Å². The minimum atomic E-state index is -0.0363. The molecule has 25 heavy (non-hydrogen) atoms. The van der Waals surface area contributed by atoms with E-state index >= 15 is 0 Å². The molecule has 2 aliphatic heterocycles. The average Bonchev–Trinajstić information content (AvgIpc) is 3.14. The van der Waals surface area contributed by atoms with Gasteiger partial charge < -0.3 is 24.9 Å². The summed E-state index contributed by atoms with van der Waals surface area (Å²) >= 11 is 0. The van der Waals surface area contributed by atoms with Crippen LogP contribution in [0.5, 0.6) is 0 Å². The van der Waals surface area contributed by atoms with Gasteiger partial charge in [-0.25, -0.2) is 4.98 Å². The first-order valence-electron chi connectivity index (χ1n) is 9.05. The van der Waals surface area contributed by atoms with Crippen LogP contribution in [0, 0.1) is 11.3 Å². The van der Waals surface area contributed by atoms with Crippen molar-refractivity contribution in [1.82, 2.24) is 9.88 Å². The van der Waals surface area contributed by atoms with E-state index < -0.39 is 0 Å². The lowest BCUT2D eigenvalue weighted by molar-refractivity contribution is 0.280. The summed E-state index contributed by atoms with van der Waals surface area (Å²) in [6.07, 6.45) is 3.16. The monoisotopic (exact) mass is 345 g/mol. The normalized spacial score (nSPS) is 17.4. The van der Waals surface area contributed by atoms with Crippen LogP contribution in [0.2, 0.25) is 0 Å². The average molecular weight is 345 g/mol. The molecule has 7 nitrogen and oxygen atoms in total. The number of aromatic nitrogens is 1. The van der Waals surface area contributed by atoms with Gasteiger partial charge in [-0.2, -0.15) is 5.26 Å². The maximum atomic E-state index is 9.81. The Morgan fingerprint density at radius 1 is 1.12 bits per heavy atom. The van der Waals surface area contributed by atoms with E-state index in [1.54, 1.807) is 0 Å². The minimum absolute atomic E-state index is 0.0363. The van der Waals surface area contributed by atoms with Crippen molar-refractivity contribution in [3.8, 4) is 6.07 Å². The highest BCUT2D eigenvalue weighted by Gasteiger charge is 2.29. The SMILES string of the molecule is CN1CCc2c(C#N)c(N(CCO)CCO)nc(N3CCCC3)c2C1. The van der Waals surface area contributed by atoms with Crippen molar-refractivity contribution in [3.63, 3.8) is 0 Å². The molecular weight excluding hydrogens is 318 g/mol. The summed E-state index contributed by atoms with van der Waals surface area (Å²) in [7, 11) is 2.10. The van der Waals surface area contributed by atoms with E-state index in [2.05, 4.69) is 22.9 Å². The third-order valence-corrected chi connectivity index (χ3v) is 5.10. The maximum Gasteiger partial charge on any atom is 0.149 e. The van der Waals surface area contributed by atoms with Crippen LogP contribution in [0.3, 0.4) is 0 Å². The third kappa shape index (κ3) is 3.56. The predicted octanol–water partition coefficient (Wildman–Crippen LogP) is 0.332. The molecule has 0 atom stereocenters. The number of pyridine rings is 1. The lowest BCUT2D eigenvalue weighted by Crippen LogP contribution is -2.35. The Bertz CT molecular complexity index is 646. The second-order valence-corrected chi connectivity index (χ2v) is 6.82. The van der Waals surface area contributed by atoms with Crippen LogP contribution in [-0.4, -0.2) is 73.1 Å². The Morgan fingerprint density at radius 3 is 2.40 bits per heavy atom. The Hall–Kier alpha value is -1.88. The molecule has 0 spiro atoms. The second kappa shape index (κ2) is 8.00. The van der Waals surface area contributed by atoms with Crippen LogP contribution in [0.4, 0.5) is 11.6 Å². The summed E-state index contributed by atoms with van der Waals surface area (Å²) < 4.78 is 0. The summed E-state index contributed by atoms with van der Waals surface area (Å²) in [5.74, 6) is 1.59. The molecule has 0 aliphatic carbocycles. The Morgan fingerprint density at radius 2 is 1.80 bits per heavy atom. The van der Waals surface area contributed by atoms with Crippen LogP contribution >= 0.6 is 0 Å². The predicted molar refractivity (Wildman–Crippen MR) is 96.8 cm³/mol. The van der Waals surface area contributed by atoms with Gasteiger partial charge in [0.15, 0.2) is 0 Å². The molecule has 1 aromatic heterocycles. The van der Waals surface area contributed by atoms with E-state index in [1.807, 2.05) is 4.90 Å². The number of rotatable bonds is 6. The van der Waals surface area contributed by atoms with Crippen molar-refractivity contribution < 1.29 is 10.2 Å². The molecule has 0 bridgehead atoms. The summed E-state index contributed by atoms with van der Waals surface area (Å²) in [6, 6.07) is 2.35. The van der Waals surface area contributed by atoms with Gasteiger partial charge in [0.1, 0.15) is 17.7 Å². The largest absolute Gasteiger partial charge is 0.395 e. The molecular formula is C18H27N5O2. The number of nitrogens with zero attached hydrogens (tertiary/aromatic N) is 5. The van der Waals surface area contributed by atoms with Crippen LogP contribution in [0.15, 0.2) is 0 Å². The van der Waals surface area contributed by atoms with Gasteiger partial charge in [0, 0.05) is 44.8 Å². The van der Waals surface area contributed by atoms with Gasteiger partial charge in [0.2, 0.25) is 0 Å². The number of nitriles is 1. The first-order chi connectivity index (χ1) is 12.2. The third-order valence-electron chi connectivity index (χ3n) is 5.10. The summed E-state index contributed by atoms with van der Waals surface area (Å²) in [5.41, 5.74) is 2.87. The quantitative estimate of drug-likeness (QED) is 0.768. The molecule has 136 valence electrons. The van der Waals surface area contributed by atoms with E-state index in [-0.39, 0.29) is 13.2 Å². The highest BCUT2D eigenvalue weighted by Crippen LogP contribution is 2.35. The number of aliphatic hydroxyl groups excluding tert-OH is 2. The minimum Gasteiger partial charge on any atom is -0.395 e. The molecule has 2 N–H and O–H groups in total. The van der Waals surface area contributed by atoms with Crippen molar-refractivity contribution in [1.29, 1.82) is 5.26 Å². The zero-order valence-corrected chi connectivity index (χ0v) is 14.9. The molecule has 1 fully saturated rings. The number of likely N-dealkylation sites (N-methyl/N-ethyl adjacent to an activating group) is 1. The first-order valence-corrected chi connectivity index (χ1v) is 9.05. The fourth-order valence-corrected chi connectivity index (χ4v) is 3.84. The number of fused-ring (bicyclic) bond motifs is 1. The summed E-state index contributed by atoms with van der Waals surface area (Å²) in [4.78, 5) is 11.3. The molecule has 0 aromatic carbocycles. The van der Waals surface area contributed by atoms with E-state index in [9.17, 15) is 15.5 Å². The molecule has 2 aliphatic rings. The summed E-state index contributed by atoms with van der Waals surface area (Å²) in [6.45, 7) is 4.37. The smallest absolute Gasteiger partial charge is 0.149 e. The van der Waals surface area contributed by atoms with Gasteiger partial charge in [-0.1, -0.05) is 0 Å². The van der Waals surface area contributed by atoms with Gasteiger partial charge in [0.25, 0.3) is 0 Å². The number of aliphatic hydroxyl groups is 2. The van der Waals surface area contributed by atoms with E-state index in [1.165, 1.54) is 18.4 Å². The zero-order chi connectivity index (χ0) is 17.8. The number of anilines is 2. The molecule has 0 saturated carbocycles. The maximum absolute atomic E-state index is 9.81. The van der Waals surface area contributed by atoms with Gasteiger partial charge in [0.05, 0.1) is 18.8 Å². The fraction of sp³-hybridized carbons (Fsp3) is 0.667. The van der Waals surface area contributed by atoms with E-state index in [0.29, 0.717) is 24.5 Å². The van der Waals surface area contributed by atoms with Crippen molar-refractivity contribution in [3.05, 3.63) is 16.7 Å².